The number of rotatable bonds is 6. The van der Waals surface area contributed by atoms with Crippen molar-refractivity contribution in [2.45, 2.75) is 71.9 Å². The summed E-state index contributed by atoms with van der Waals surface area (Å²) in [7, 11) is 0. The summed E-state index contributed by atoms with van der Waals surface area (Å²) in [6.07, 6.45) is 1.23. The lowest BCUT2D eigenvalue weighted by Gasteiger charge is -2.23. The number of aromatic nitrogens is 1. The number of amides is 2. The SMILES string of the molecule is CCC(NC(=O)OC(C)(C)C)C(=O)Nc1ccc(Oc2ccc(C#N)cc2C(C)(C)C)nc1. The first kappa shape index (κ1) is 25.7. The number of carbonyl (C=O) groups excluding carboxylic acids is 2. The van der Waals surface area contributed by atoms with Crippen molar-refractivity contribution >= 4 is 17.7 Å². The van der Waals surface area contributed by atoms with Crippen LogP contribution in [-0.2, 0) is 14.9 Å². The number of hydrogen-bond donors (Lipinski definition) is 2. The van der Waals surface area contributed by atoms with Gasteiger partial charge in [0.15, 0.2) is 0 Å². The second-order valence-corrected chi connectivity index (χ2v) is 9.66. The number of benzene rings is 1. The Bertz CT molecular complexity index is 1030. The van der Waals surface area contributed by atoms with Crippen LogP contribution in [0.3, 0.4) is 0 Å². The Morgan fingerprint density at radius 2 is 1.82 bits per heavy atom. The molecule has 1 heterocycles. The molecular weight excluding hydrogens is 420 g/mol. The molecule has 2 amide bonds. The number of nitriles is 1. The van der Waals surface area contributed by atoms with E-state index in [2.05, 4.69) is 21.7 Å². The quantitative estimate of drug-likeness (QED) is 0.616. The van der Waals surface area contributed by atoms with Gasteiger partial charge in [-0.1, -0.05) is 27.7 Å². The molecule has 8 nitrogen and oxygen atoms in total. The van der Waals surface area contributed by atoms with Crippen LogP contribution in [0.4, 0.5) is 10.5 Å². The van der Waals surface area contributed by atoms with E-state index < -0.39 is 17.7 Å². The number of carbonyl (C=O) groups is 2. The largest absolute Gasteiger partial charge is 0.444 e. The van der Waals surface area contributed by atoms with Gasteiger partial charge in [-0.2, -0.15) is 5.26 Å². The van der Waals surface area contributed by atoms with E-state index in [1.807, 2.05) is 26.8 Å². The first-order valence-electron chi connectivity index (χ1n) is 10.8. The summed E-state index contributed by atoms with van der Waals surface area (Å²) >= 11 is 0. The van der Waals surface area contributed by atoms with Gasteiger partial charge in [-0.25, -0.2) is 9.78 Å². The van der Waals surface area contributed by atoms with E-state index in [4.69, 9.17) is 9.47 Å². The van der Waals surface area contributed by atoms with E-state index in [-0.39, 0.29) is 11.3 Å². The van der Waals surface area contributed by atoms with Gasteiger partial charge >= 0.3 is 6.09 Å². The molecule has 0 saturated carbocycles. The Morgan fingerprint density at radius 3 is 2.33 bits per heavy atom. The number of pyridine rings is 1. The zero-order valence-electron chi connectivity index (χ0n) is 20.3. The Kier molecular flexibility index (Phi) is 8.04. The summed E-state index contributed by atoms with van der Waals surface area (Å²) in [6.45, 7) is 13.2. The molecule has 1 aromatic heterocycles. The van der Waals surface area contributed by atoms with Crippen molar-refractivity contribution in [3.05, 3.63) is 47.7 Å². The van der Waals surface area contributed by atoms with Crippen LogP contribution in [0, 0.1) is 11.3 Å². The predicted octanol–water partition coefficient (Wildman–Crippen LogP) is 5.28. The Morgan fingerprint density at radius 1 is 1.12 bits per heavy atom. The van der Waals surface area contributed by atoms with Crippen molar-refractivity contribution in [2.75, 3.05) is 5.32 Å². The second kappa shape index (κ2) is 10.3. The Labute approximate surface area is 195 Å². The molecule has 0 spiro atoms. The van der Waals surface area contributed by atoms with Crippen LogP contribution in [0.25, 0.3) is 0 Å². The van der Waals surface area contributed by atoms with Gasteiger partial charge < -0.3 is 20.1 Å². The minimum Gasteiger partial charge on any atom is -0.444 e. The Hall–Kier alpha value is -3.60. The Balaban J connectivity index is 2.08. The molecule has 176 valence electrons. The molecule has 0 radical (unpaired) electrons. The van der Waals surface area contributed by atoms with Crippen LogP contribution in [0.5, 0.6) is 11.6 Å². The van der Waals surface area contributed by atoms with Gasteiger partial charge in [0.25, 0.3) is 0 Å². The van der Waals surface area contributed by atoms with Crippen molar-refractivity contribution in [2.24, 2.45) is 0 Å². The summed E-state index contributed by atoms with van der Waals surface area (Å²) < 4.78 is 11.2. The standard InChI is InChI=1S/C25H32N4O4/c1-8-19(29-23(31)33-25(5,6)7)22(30)28-17-10-12-21(27-15-17)32-20-11-9-16(14-26)13-18(20)24(2,3)4/h9-13,15,19H,8H2,1-7H3,(H,28,30)(H,29,31). The topological polar surface area (TPSA) is 113 Å². The van der Waals surface area contributed by atoms with E-state index in [0.29, 0.717) is 29.3 Å². The van der Waals surface area contributed by atoms with Crippen molar-refractivity contribution in [3.8, 4) is 17.7 Å². The summed E-state index contributed by atoms with van der Waals surface area (Å²) in [5.41, 5.74) is 1.03. The lowest BCUT2D eigenvalue weighted by Crippen LogP contribution is -2.45. The van der Waals surface area contributed by atoms with Crippen molar-refractivity contribution in [1.29, 1.82) is 5.26 Å². The fraction of sp³-hybridized carbons (Fsp3) is 0.440. The second-order valence-electron chi connectivity index (χ2n) is 9.66. The van der Waals surface area contributed by atoms with Gasteiger partial charge in [0.1, 0.15) is 17.4 Å². The fourth-order valence-corrected chi connectivity index (χ4v) is 2.93. The van der Waals surface area contributed by atoms with E-state index in [1.165, 1.54) is 6.20 Å². The number of nitrogens with zero attached hydrogens (tertiary/aromatic N) is 2. The van der Waals surface area contributed by atoms with E-state index in [1.54, 1.807) is 52.0 Å². The highest BCUT2D eigenvalue weighted by Gasteiger charge is 2.23. The van der Waals surface area contributed by atoms with Gasteiger partial charge in [0.05, 0.1) is 23.5 Å². The maximum atomic E-state index is 12.6. The molecular formula is C25H32N4O4. The smallest absolute Gasteiger partial charge is 0.408 e. The number of alkyl carbamates (subject to hydrolysis) is 1. The molecule has 33 heavy (non-hydrogen) atoms. The third-order valence-corrected chi connectivity index (χ3v) is 4.55. The fourth-order valence-electron chi connectivity index (χ4n) is 2.93. The molecule has 0 fully saturated rings. The molecule has 0 saturated heterocycles. The third-order valence-electron chi connectivity index (χ3n) is 4.55. The average Bonchev–Trinajstić information content (AvgIpc) is 2.71. The molecule has 0 aliphatic rings. The maximum absolute atomic E-state index is 12.6. The zero-order valence-corrected chi connectivity index (χ0v) is 20.3. The minimum atomic E-state index is -0.747. The molecule has 0 aliphatic heterocycles. The lowest BCUT2D eigenvalue weighted by molar-refractivity contribution is -0.118. The zero-order chi connectivity index (χ0) is 24.8. The van der Waals surface area contributed by atoms with Gasteiger partial charge in [-0.15, -0.1) is 0 Å². The summed E-state index contributed by atoms with van der Waals surface area (Å²) in [6, 6.07) is 9.97. The number of nitrogens with one attached hydrogen (secondary N) is 2. The molecule has 0 aliphatic carbocycles. The van der Waals surface area contributed by atoms with Gasteiger partial charge in [0.2, 0.25) is 11.8 Å². The highest BCUT2D eigenvalue weighted by molar-refractivity contribution is 5.96. The van der Waals surface area contributed by atoms with Crippen LogP contribution in [-0.4, -0.2) is 28.6 Å². The highest BCUT2D eigenvalue weighted by Crippen LogP contribution is 2.34. The summed E-state index contributed by atoms with van der Waals surface area (Å²) in [4.78, 5) is 28.8. The first-order chi connectivity index (χ1) is 15.3. The van der Waals surface area contributed by atoms with Crippen LogP contribution in [0.15, 0.2) is 36.5 Å². The third kappa shape index (κ3) is 7.79. The highest BCUT2D eigenvalue weighted by atomic mass is 16.6. The van der Waals surface area contributed by atoms with Crippen LogP contribution in [0.2, 0.25) is 0 Å². The summed E-state index contributed by atoms with van der Waals surface area (Å²) in [5, 5.41) is 14.5. The van der Waals surface area contributed by atoms with Crippen LogP contribution >= 0.6 is 0 Å². The summed E-state index contributed by atoms with van der Waals surface area (Å²) in [5.74, 6) is 0.585. The van der Waals surface area contributed by atoms with Crippen LogP contribution < -0.4 is 15.4 Å². The number of hydrogen-bond acceptors (Lipinski definition) is 6. The van der Waals surface area contributed by atoms with E-state index >= 15 is 0 Å². The van der Waals surface area contributed by atoms with Crippen LogP contribution in [0.1, 0.15) is 66.0 Å². The molecule has 1 aromatic carbocycles. The molecule has 0 bridgehead atoms. The predicted molar refractivity (Wildman–Crippen MR) is 126 cm³/mol. The van der Waals surface area contributed by atoms with Gasteiger partial charge in [-0.3, -0.25) is 4.79 Å². The van der Waals surface area contributed by atoms with Crippen molar-refractivity contribution < 1.29 is 19.1 Å². The molecule has 1 atom stereocenters. The van der Waals surface area contributed by atoms with Crippen molar-refractivity contribution in [1.82, 2.24) is 10.3 Å². The average molecular weight is 453 g/mol. The molecule has 2 rings (SSSR count). The van der Waals surface area contributed by atoms with E-state index in [9.17, 15) is 14.9 Å². The molecule has 2 aromatic rings. The first-order valence-corrected chi connectivity index (χ1v) is 10.8. The number of ether oxygens (including phenoxy) is 2. The minimum absolute atomic E-state index is 0.230. The lowest BCUT2D eigenvalue weighted by atomic mass is 9.85. The molecule has 2 N–H and O–H groups in total. The molecule has 8 heteroatoms. The van der Waals surface area contributed by atoms with E-state index in [0.717, 1.165) is 5.56 Å². The normalized spacial score (nSPS) is 12.3. The molecule has 1 unspecified atom stereocenters. The number of anilines is 1. The maximum Gasteiger partial charge on any atom is 0.408 e. The van der Waals surface area contributed by atoms with Gasteiger partial charge in [-0.05, 0) is 56.9 Å². The monoisotopic (exact) mass is 452 g/mol. The van der Waals surface area contributed by atoms with Gasteiger partial charge in [0, 0.05) is 11.6 Å². The van der Waals surface area contributed by atoms with Crippen molar-refractivity contribution in [3.63, 3.8) is 0 Å².